The van der Waals surface area contributed by atoms with E-state index in [0.717, 1.165) is 25.2 Å². The van der Waals surface area contributed by atoms with Crippen molar-refractivity contribution in [3.8, 4) is 0 Å². The molecule has 1 aromatic carbocycles. The van der Waals surface area contributed by atoms with Crippen molar-refractivity contribution in [2.45, 2.75) is 19.4 Å². The SMILES string of the molecule is CC(NCCCNc1ccccc1)c1cn(C)nn1. The van der Waals surface area contributed by atoms with Crippen LogP contribution in [0.4, 0.5) is 5.69 Å². The van der Waals surface area contributed by atoms with E-state index in [1.807, 2.05) is 31.4 Å². The lowest BCUT2D eigenvalue weighted by atomic mass is 10.2. The van der Waals surface area contributed by atoms with Crippen LogP contribution in [-0.2, 0) is 7.05 Å². The molecular weight excluding hydrogens is 238 g/mol. The molecule has 0 spiro atoms. The Labute approximate surface area is 114 Å². The van der Waals surface area contributed by atoms with Crippen LogP contribution in [0.25, 0.3) is 0 Å². The van der Waals surface area contributed by atoms with Gasteiger partial charge in [-0.2, -0.15) is 0 Å². The number of para-hydroxylation sites is 1. The third-order valence-corrected chi connectivity index (χ3v) is 2.97. The standard InChI is InChI=1S/C14H21N5/c1-12(14-11-19(2)18-17-14)15-9-6-10-16-13-7-4-3-5-8-13/h3-5,7-8,11-12,15-16H,6,9-10H2,1-2H3. The smallest absolute Gasteiger partial charge is 0.0993 e. The van der Waals surface area contributed by atoms with Crippen LogP contribution in [0.5, 0.6) is 0 Å². The van der Waals surface area contributed by atoms with Crippen molar-refractivity contribution < 1.29 is 0 Å². The number of nitrogens with zero attached hydrogens (tertiary/aromatic N) is 3. The number of hydrogen-bond acceptors (Lipinski definition) is 4. The molecule has 0 fully saturated rings. The highest BCUT2D eigenvalue weighted by atomic mass is 15.4. The third-order valence-electron chi connectivity index (χ3n) is 2.97. The van der Waals surface area contributed by atoms with Crippen LogP contribution in [0.2, 0.25) is 0 Å². The van der Waals surface area contributed by atoms with Crippen molar-refractivity contribution in [2.75, 3.05) is 18.4 Å². The summed E-state index contributed by atoms with van der Waals surface area (Å²) in [4.78, 5) is 0. The summed E-state index contributed by atoms with van der Waals surface area (Å²) in [5.74, 6) is 0. The zero-order valence-electron chi connectivity index (χ0n) is 11.5. The first kappa shape index (κ1) is 13.5. The van der Waals surface area contributed by atoms with Crippen molar-refractivity contribution in [1.29, 1.82) is 0 Å². The van der Waals surface area contributed by atoms with Gasteiger partial charge in [0.05, 0.1) is 11.7 Å². The Morgan fingerprint density at radius 3 is 2.68 bits per heavy atom. The van der Waals surface area contributed by atoms with Gasteiger partial charge < -0.3 is 10.6 Å². The maximum atomic E-state index is 4.10. The molecule has 5 heteroatoms. The summed E-state index contributed by atoms with van der Waals surface area (Å²) in [5, 5.41) is 14.9. The number of hydrogen-bond donors (Lipinski definition) is 2. The number of aromatic nitrogens is 3. The second kappa shape index (κ2) is 6.89. The molecule has 0 radical (unpaired) electrons. The summed E-state index contributed by atoms with van der Waals surface area (Å²) < 4.78 is 1.73. The molecule has 102 valence electrons. The molecule has 0 saturated carbocycles. The summed E-state index contributed by atoms with van der Waals surface area (Å²) in [6.07, 6.45) is 3.01. The molecular formula is C14H21N5. The van der Waals surface area contributed by atoms with E-state index < -0.39 is 0 Å². The molecule has 5 nitrogen and oxygen atoms in total. The molecule has 1 aromatic heterocycles. The molecule has 0 aliphatic heterocycles. The monoisotopic (exact) mass is 259 g/mol. The Bertz CT molecular complexity index is 480. The number of anilines is 1. The fourth-order valence-electron chi connectivity index (χ4n) is 1.86. The lowest BCUT2D eigenvalue weighted by Gasteiger charge is -2.11. The van der Waals surface area contributed by atoms with E-state index in [9.17, 15) is 0 Å². The van der Waals surface area contributed by atoms with Crippen molar-refractivity contribution >= 4 is 5.69 Å². The van der Waals surface area contributed by atoms with Crippen molar-refractivity contribution in [1.82, 2.24) is 20.3 Å². The van der Waals surface area contributed by atoms with Gasteiger partial charge in [-0.1, -0.05) is 23.4 Å². The number of rotatable bonds is 7. The largest absolute Gasteiger partial charge is 0.385 e. The minimum Gasteiger partial charge on any atom is -0.385 e. The molecule has 0 bridgehead atoms. The van der Waals surface area contributed by atoms with Gasteiger partial charge in [-0.3, -0.25) is 4.68 Å². The van der Waals surface area contributed by atoms with Gasteiger partial charge in [0.15, 0.2) is 0 Å². The fraction of sp³-hybridized carbons (Fsp3) is 0.429. The summed E-state index contributed by atoms with van der Waals surface area (Å²) in [5.41, 5.74) is 2.16. The first-order chi connectivity index (χ1) is 9.25. The quantitative estimate of drug-likeness (QED) is 0.746. The van der Waals surface area contributed by atoms with E-state index >= 15 is 0 Å². The summed E-state index contributed by atoms with van der Waals surface area (Å²) >= 11 is 0. The van der Waals surface area contributed by atoms with Crippen molar-refractivity contribution in [3.05, 3.63) is 42.2 Å². The molecule has 19 heavy (non-hydrogen) atoms. The van der Waals surface area contributed by atoms with Gasteiger partial charge in [0.25, 0.3) is 0 Å². The average Bonchev–Trinajstić information content (AvgIpc) is 2.86. The Balaban J connectivity index is 1.62. The Morgan fingerprint density at radius 1 is 1.21 bits per heavy atom. The molecule has 0 amide bonds. The van der Waals surface area contributed by atoms with E-state index in [4.69, 9.17) is 0 Å². The average molecular weight is 259 g/mol. The van der Waals surface area contributed by atoms with E-state index in [1.54, 1.807) is 4.68 Å². The highest BCUT2D eigenvalue weighted by Crippen LogP contribution is 2.07. The van der Waals surface area contributed by atoms with Gasteiger partial charge in [0, 0.05) is 25.5 Å². The van der Waals surface area contributed by atoms with Crippen LogP contribution in [0.1, 0.15) is 25.1 Å². The molecule has 0 saturated heterocycles. The third kappa shape index (κ3) is 4.37. The molecule has 1 unspecified atom stereocenters. The van der Waals surface area contributed by atoms with Gasteiger partial charge in [0.2, 0.25) is 0 Å². The number of benzene rings is 1. The number of aryl methyl sites for hydroxylation is 1. The van der Waals surface area contributed by atoms with Crippen molar-refractivity contribution in [2.24, 2.45) is 7.05 Å². The zero-order chi connectivity index (χ0) is 13.5. The first-order valence-corrected chi connectivity index (χ1v) is 6.64. The minimum atomic E-state index is 0.241. The van der Waals surface area contributed by atoms with E-state index in [1.165, 1.54) is 5.69 Å². The van der Waals surface area contributed by atoms with Crippen LogP contribution < -0.4 is 10.6 Å². The Kier molecular flexibility index (Phi) is 4.92. The zero-order valence-corrected chi connectivity index (χ0v) is 11.5. The molecule has 0 aliphatic rings. The molecule has 2 N–H and O–H groups in total. The number of nitrogens with one attached hydrogen (secondary N) is 2. The van der Waals surface area contributed by atoms with E-state index in [0.29, 0.717) is 0 Å². The Morgan fingerprint density at radius 2 is 2.00 bits per heavy atom. The van der Waals surface area contributed by atoms with Gasteiger partial charge in [-0.25, -0.2) is 0 Å². The second-order valence-corrected chi connectivity index (χ2v) is 4.64. The summed E-state index contributed by atoms with van der Waals surface area (Å²) in [7, 11) is 1.88. The van der Waals surface area contributed by atoms with Gasteiger partial charge in [-0.05, 0) is 32.0 Å². The van der Waals surface area contributed by atoms with Crippen LogP contribution in [0, 0.1) is 0 Å². The van der Waals surface area contributed by atoms with Crippen LogP contribution in [-0.4, -0.2) is 28.1 Å². The highest BCUT2D eigenvalue weighted by Gasteiger charge is 2.07. The molecule has 1 heterocycles. The van der Waals surface area contributed by atoms with E-state index in [2.05, 4.69) is 40.0 Å². The topological polar surface area (TPSA) is 54.8 Å². The minimum absolute atomic E-state index is 0.241. The first-order valence-electron chi connectivity index (χ1n) is 6.64. The predicted octanol–water partition coefficient (Wildman–Crippen LogP) is 1.97. The molecule has 1 atom stereocenters. The highest BCUT2D eigenvalue weighted by molar-refractivity contribution is 5.42. The summed E-state index contributed by atoms with van der Waals surface area (Å²) in [6.45, 7) is 4.02. The molecule has 2 aromatic rings. The Hall–Kier alpha value is -1.88. The predicted molar refractivity (Wildman–Crippen MR) is 77.0 cm³/mol. The van der Waals surface area contributed by atoms with Gasteiger partial charge >= 0.3 is 0 Å². The molecule has 2 rings (SSSR count). The normalized spacial score (nSPS) is 12.3. The van der Waals surface area contributed by atoms with Gasteiger partial charge in [-0.15, -0.1) is 5.10 Å². The summed E-state index contributed by atoms with van der Waals surface area (Å²) in [6, 6.07) is 10.5. The molecule has 0 aliphatic carbocycles. The van der Waals surface area contributed by atoms with Crippen LogP contribution in [0.15, 0.2) is 36.5 Å². The second-order valence-electron chi connectivity index (χ2n) is 4.64. The lowest BCUT2D eigenvalue weighted by molar-refractivity contribution is 0.552. The fourth-order valence-corrected chi connectivity index (χ4v) is 1.86. The van der Waals surface area contributed by atoms with Crippen LogP contribution >= 0.6 is 0 Å². The van der Waals surface area contributed by atoms with E-state index in [-0.39, 0.29) is 6.04 Å². The maximum Gasteiger partial charge on any atom is 0.0993 e. The van der Waals surface area contributed by atoms with Gasteiger partial charge in [0.1, 0.15) is 0 Å². The van der Waals surface area contributed by atoms with Crippen molar-refractivity contribution in [3.63, 3.8) is 0 Å². The maximum absolute atomic E-state index is 4.10. The lowest BCUT2D eigenvalue weighted by Crippen LogP contribution is -2.22. The van der Waals surface area contributed by atoms with Crippen LogP contribution in [0.3, 0.4) is 0 Å².